The second-order valence-corrected chi connectivity index (χ2v) is 7.06. The van der Waals surface area contributed by atoms with Gasteiger partial charge in [-0.3, -0.25) is 0 Å². The van der Waals surface area contributed by atoms with Crippen LogP contribution in [0.2, 0.25) is 0 Å². The molecule has 0 radical (unpaired) electrons. The van der Waals surface area contributed by atoms with Gasteiger partial charge in [0.25, 0.3) is 0 Å². The first-order chi connectivity index (χ1) is 8.11. The van der Waals surface area contributed by atoms with E-state index in [1.54, 1.807) is 0 Å². The third kappa shape index (κ3) is 3.21. The Balaban J connectivity index is 1.89. The van der Waals surface area contributed by atoms with Gasteiger partial charge in [-0.05, 0) is 56.3 Å². The molecule has 17 heavy (non-hydrogen) atoms. The van der Waals surface area contributed by atoms with Crippen molar-refractivity contribution in [2.45, 2.75) is 54.8 Å². The van der Waals surface area contributed by atoms with Crippen LogP contribution in [0.1, 0.15) is 38.5 Å². The molecule has 2 fully saturated rings. The van der Waals surface area contributed by atoms with Crippen molar-refractivity contribution < 1.29 is 8.78 Å². The predicted octanol–water partition coefficient (Wildman–Crippen LogP) is 4.87. The van der Waals surface area contributed by atoms with Crippen LogP contribution in [0.3, 0.4) is 0 Å². The van der Waals surface area contributed by atoms with Crippen LogP contribution in [0.15, 0.2) is 12.7 Å². The van der Waals surface area contributed by atoms with Gasteiger partial charge in [0.1, 0.15) is 12.3 Å². The van der Waals surface area contributed by atoms with E-state index in [4.69, 9.17) is 0 Å². The van der Waals surface area contributed by atoms with E-state index in [9.17, 15) is 8.78 Å². The molecule has 2 saturated carbocycles. The SMILES string of the molecule is C=CC1CCC(C2CC(F)C(I)C(F)C2)CC1. The smallest absolute Gasteiger partial charge is 0.115 e. The number of hydrogen-bond acceptors (Lipinski definition) is 0. The van der Waals surface area contributed by atoms with Crippen LogP contribution in [-0.2, 0) is 0 Å². The number of halogens is 3. The molecule has 0 aliphatic heterocycles. The fraction of sp³-hybridized carbons (Fsp3) is 0.857. The highest BCUT2D eigenvalue weighted by Crippen LogP contribution is 2.43. The monoisotopic (exact) mass is 354 g/mol. The molecule has 2 aliphatic carbocycles. The average Bonchev–Trinajstić information content (AvgIpc) is 2.35. The third-order valence-corrected chi connectivity index (χ3v) is 6.12. The van der Waals surface area contributed by atoms with Crippen molar-refractivity contribution in [3.05, 3.63) is 12.7 Å². The highest BCUT2D eigenvalue weighted by atomic mass is 127. The second-order valence-electron chi connectivity index (χ2n) is 5.62. The molecule has 2 rings (SSSR count). The summed E-state index contributed by atoms with van der Waals surface area (Å²) in [5.41, 5.74) is 0. The molecule has 98 valence electrons. The third-order valence-electron chi connectivity index (χ3n) is 4.56. The summed E-state index contributed by atoms with van der Waals surface area (Å²) in [6, 6.07) is 0. The lowest BCUT2D eigenvalue weighted by Crippen LogP contribution is -2.39. The van der Waals surface area contributed by atoms with Crippen LogP contribution >= 0.6 is 22.6 Å². The lowest BCUT2D eigenvalue weighted by Gasteiger charge is -2.39. The summed E-state index contributed by atoms with van der Waals surface area (Å²) in [6.07, 6.45) is 5.89. The molecule has 0 N–H and O–H groups in total. The molecule has 2 atom stereocenters. The normalized spacial score (nSPS) is 47.7. The van der Waals surface area contributed by atoms with Crippen LogP contribution in [0.25, 0.3) is 0 Å². The lowest BCUT2D eigenvalue weighted by atomic mass is 9.70. The van der Waals surface area contributed by atoms with Gasteiger partial charge in [-0.15, -0.1) is 6.58 Å². The van der Waals surface area contributed by atoms with Gasteiger partial charge in [0, 0.05) is 0 Å². The zero-order chi connectivity index (χ0) is 12.4. The van der Waals surface area contributed by atoms with Crippen molar-refractivity contribution in [1.82, 2.24) is 0 Å². The first kappa shape index (κ1) is 13.8. The predicted molar refractivity (Wildman–Crippen MR) is 76.0 cm³/mol. The summed E-state index contributed by atoms with van der Waals surface area (Å²) in [5, 5.41) is 0. The maximum absolute atomic E-state index is 13.7. The Morgan fingerprint density at radius 3 is 1.94 bits per heavy atom. The molecule has 0 heterocycles. The van der Waals surface area contributed by atoms with Crippen molar-refractivity contribution in [3.63, 3.8) is 0 Å². The summed E-state index contributed by atoms with van der Waals surface area (Å²) in [5.74, 6) is 1.46. The Hall–Kier alpha value is 0.330. The van der Waals surface area contributed by atoms with Gasteiger partial charge < -0.3 is 0 Å². The largest absolute Gasteiger partial charge is 0.246 e. The second kappa shape index (κ2) is 5.98. The molecule has 0 aromatic carbocycles. The van der Waals surface area contributed by atoms with Gasteiger partial charge in [-0.2, -0.15) is 0 Å². The van der Waals surface area contributed by atoms with E-state index in [-0.39, 0.29) is 5.92 Å². The molecular formula is C14H21F2I. The fourth-order valence-electron chi connectivity index (χ4n) is 3.40. The first-order valence-electron chi connectivity index (χ1n) is 6.66. The van der Waals surface area contributed by atoms with Crippen LogP contribution in [0.5, 0.6) is 0 Å². The molecule has 2 unspecified atom stereocenters. The number of allylic oxidation sites excluding steroid dienone is 1. The van der Waals surface area contributed by atoms with Gasteiger partial charge in [0.2, 0.25) is 0 Å². The van der Waals surface area contributed by atoms with Crippen molar-refractivity contribution in [1.29, 1.82) is 0 Å². The highest BCUT2D eigenvalue weighted by Gasteiger charge is 2.40. The van der Waals surface area contributed by atoms with Gasteiger partial charge >= 0.3 is 0 Å². The maximum atomic E-state index is 13.7. The van der Waals surface area contributed by atoms with E-state index >= 15 is 0 Å². The molecular weight excluding hydrogens is 333 g/mol. The van der Waals surface area contributed by atoms with Gasteiger partial charge in [-0.1, -0.05) is 28.7 Å². The zero-order valence-corrected chi connectivity index (χ0v) is 12.3. The van der Waals surface area contributed by atoms with E-state index < -0.39 is 16.3 Å². The average molecular weight is 354 g/mol. The Morgan fingerprint density at radius 2 is 1.47 bits per heavy atom. The number of rotatable bonds is 2. The van der Waals surface area contributed by atoms with Gasteiger partial charge in [-0.25, -0.2) is 8.78 Å². The summed E-state index contributed by atoms with van der Waals surface area (Å²) in [6.45, 7) is 3.83. The van der Waals surface area contributed by atoms with Crippen LogP contribution in [0.4, 0.5) is 8.78 Å². The van der Waals surface area contributed by atoms with Gasteiger partial charge in [0.15, 0.2) is 0 Å². The molecule has 0 aromatic heterocycles. The first-order valence-corrected chi connectivity index (χ1v) is 7.91. The van der Waals surface area contributed by atoms with Crippen LogP contribution < -0.4 is 0 Å². The minimum absolute atomic E-state index is 0.275. The Morgan fingerprint density at radius 1 is 0.941 bits per heavy atom. The van der Waals surface area contributed by atoms with E-state index in [1.165, 1.54) is 0 Å². The van der Waals surface area contributed by atoms with Crippen LogP contribution in [-0.4, -0.2) is 16.3 Å². The molecule has 0 amide bonds. The quantitative estimate of drug-likeness (QED) is 0.377. The summed E-state index contributed by atoms with van der Waals surface area (Å²) in [4.78, 5) is 0. The van der Waals surface area contributed by atoms with E-state index in [0.29, 0.717) is 24.7 Å². The number of hydrogen-bond donors (Lipinski definition) is 0. The van der Waals surface area contributed by atoms with Crippen molar-refractivity contribution >= 4 is 22.6 Å². The topological polar surface area (TPSA) is 0 Å². The molecule has 0 saturated heterocycles. The van der Waals surface area contributed by atoms with Crippen LogP contribution in [0, 0.1) is 17.8 Å². The minimum Gasteiger partial charge on any atom is -0.246 e. The summed E-state index contributed by atoms with van der Waals surface area (Å²) in [7, 11) is 0. The molecule has 0 bridgehead atoms. The Labute approximate surface area is 116 Å². The molecule has 0 aromatic rings. The fourth-order valence-corrected chi connectivity index (χ4v) is 3.99. The Bertz CT molecular complexity index is 249. The minimum atomic E-state index is -0.943. The van der Waals surface area contributed by atoms with Crippen molar-refractivity contribution in [3.8, 4) is 0 Å². The molecule has 0 spiro atoms. The Kier molecular flexibility index (Phi) is 4.84. The van der Waals surface area contributed by atoms with E-state index in [0.717, 1.165) is 25.7 Å². The van der Waals surface area contributed by atoms with Crippen molar-refractivity contribution in [2.24, 2.45) is 17.8 Å². The van der Waals surface area contributed by atoms with E-state index in [2.05, 4.69) is 6.58 Å². The molecule has 2 aliphatic rings. The number of alkyl halides is 3. The molecule has 0 nitrogen and oxygen atoms in total. The van der Waals surface area contributed by atoms with Gasteiger partial charge in [0.05, 0.1) is 3.92 Å². The van der Waals surface area contributed by atoms with Crippen molar-refractivity contribution in [2.75, 3.05) is 0 Å². The van der Waals surface area contributed by atoms with E-state index in [1.807, 2.05) is 28.7 Å². The maximum Gasteiger partial charge on any atom is 0.115 e. The zero-order valence-electron chi connectivity index (χ0n) is 10.1. The standard InChI is InChI=1S/C14H21F2I/c1-2-9-3-5-10(6-4-9)11-7-12(15)14(17)13(16)8-11/h2,9-14H,1,3-8H2. The summed E-state index contributed by atoms with van der Waals surface area (Å²) >= 11 is 1.94. The summed E-state index contributed by atoms with van der Waals surface area (Å²) < 4.78 is 27.0. The highest BCUT2D eigenvalue weighted by molar-refractivity contribution is 14.1. The lowest BCUT2D eigenvalue weighted by molar-refractivity contribution is 0.0812. The molecule has 3 heteroatoms.